The average Bonchev–Trinajstić information content (AvgIpc) is 2.32. The summed E-state index contributed by atoms with van der Waals surface area (Å²) in [6.07, 6.45) is 15.4. The van der Waals surface area contributed by atoms with E-state index in [-0.39, 0.29) is 0 Å². The predicted molar refractivity (Wildman–Crippen MR) is 73.8 cm³/mol. The quantitative estimate of drug-likeness (QED) is 0.694. The highest BCUT2D eigenvalue weighted by atomic mass is 14.8. The summed E-state index contributed by atoms with van der Waals surface area (Å²) < 4.78 is 0. The van der Waals surface area contributed by atoms with Crippen LogP contribution in [0.25, 0.3) is 0 Å². The van der Waals surface area contributed by atoms with Crippen molar-refractivity contribution in [2.75, 3.05) is 0 Å². The Balaban J connectivity index is 1.92. The average molecular weight is 244 g/mol. The molecule has 0 unspecified atom stereocenters. The third-order valence-corrected chi connectivity index (χ3v) is 4.36. The number of hydrogen-bond acceptors (Lipinski definition) is 2. The molecule has 1 aromatic rings. The van der Waals surface area contributed by atoms with Gasteiger partial charge in [0, 0.05) is 0 Å². The van der Waals surface area contributed by atoms with Gasteiger partial charge in [0.25, 0.3) is 0 Å². The van der Waals surface area contributed by atoms with Crippen molar-refractivity contribution in [2.45, 2.75) is 77.0 Å². The first-order chi connectivity index (χ1) is 8.93. The summed E-state index contributed by atoms with van der Waals surface area (Å²) in [6, 6.07) is 0. The van der Waals surface area contributed by atoms with Crippen LogP contribution in [0.15, 0.2) is 0 Å². The molecular formula is C16H24N2. The van der Waals surface area contributed by atoms with Gasteiger partial charge in [-0.3, -0.25) is 9.97 Å². The molecule has 2 nitrogen and oxygen atoms in total. The summed E-state index contributed by atoms with van der Waals surface area (Å²) in [4.78, 5) is 9.99. The van der Waals surface area contributed by atoms with Crippen LogP contribution in [-0.4, -0.2) is 9.97 Å². The van der Waals surface area contributed by atoms with E-state index < -0.39 is 0 Å². The molecule has 0 amide bonds. The van der Waals surface area contributed by atoms with E-state index >= 15 is 0 Å². The molecule has 0 bridgehead atoms. The first-order valence-electron chi connectivity index (χ1n) is 7.81. The Hall–Kier alpha value is -0.920. The van der Waals surface area contributed by atoms with Crippen LogP contribution in [0.4, 0.5) is 0 Å². The highest BCUT2D eigenvalue weighted by Crippen LogP contribution is 2.22. The molecule has 0 aromatic carbocycles. The third kappa shape index (κ3) is 2.73. The molecule has 0 saturated heterocycles. The normalized spacial score (nSPS) is 20.9. The largest absolute Gasteiger partial charge is 0.254 e. The fourth-order valence-corrected chi connectivity index (χ4v) is 3.26. The number of hydrogen-bond donors (Lipinski definition) is 0. The molecule has 0 N–H and O–H groups in total. The molecule has 0 atom stereocenters. The maximum absolute atomic E-state index is 4.99. The molecule has 0 spiro atoms. The summed E-state index contributed by atoms with van der Waals surface area (Å²) in [5, 5.41) is 0. The Morgan fingerprint density at radius 1 is 0.389 bits per heavy atom. The molecular weight excluding hydrogens is 220 g/mol. The summed E-state index contributed by atoms with van der Waals surface area (Å²) in [5.41, 5.74) is 5.31. The zero-order valence-corrected chi connectivity index (χ0v) is 11.4. The molecule has 0 radical (unpaired) electrons. The molecule has 3 rings (SSSR count). The van der Waals surface area contributed by atoms with Gasteiger partial charge in [-0.05, 0) is 51.4 Å². The van der Waals surface area contributed by atoms with Crippen LogP contribution in [0.5, 0.6) is 0 Å². The van der Waals surface area contributed by atoms with Gasteiger partial charge in [-0.25, -0.2) is 0 Å². The van der Waals surface area contributed by atoms with Gasteiger partial charge in [0.15, 0.2) is 0 Å². The maximum atomic E-state index is 4.99. The fraction of sp³-hybridized carbons (Fsp3) is 0.750. The van der Waals surface area contributed by atoms with Gasteiger partial charge in [0.1, 0.15) is 0 Å². The molecule has 1 aromatic heterocycles. The predicted octanol–water partition coefficient (Wildman–Crippen LogP) is 3.79. The van der Waals surface area contributed by atoms with Gasteiger partial charge in [-0.2, -0.15) is 0 Å². The third-order valence-electron chi connectivity index (χ3n) is 4.36. The summed E-state index contributed by atoms with van der Waals surface area (Å²) >= 11 is 0. The molecule has 0 aliphatic heterocycles. The SMILES string of the molecule is C1CCCc2nc3c(nc2CC1)CCCCCC3. The maximum Gasteiger partial charge on any atom is 0.0622 e. The minimum absolute atomic E-state index is 1.16. The van der Waals surface area contributed by atoms with Gasteiger partial charge in [0.05, 0.1) is 22.8 Å². The number of aromatic nitrogens is 2. The molecule has 2 heteroatoms. The van der Waals surface area contributed by atoms with Crippen molar-refractivity contribution in [2.24, 2.45) is 0 Å². The van der Waals surface area contributed by atoms with Crippen molar-refractivity contribution in [3.63, 3.8) is 0 Å². The monoisotopic (exact) mass is 244 g/mol. The Kier molecular flexibility index (Phi) is 3.92. The van der Waals surface area contributed by atoms with Crippen LogP contribution < -0.4 is 0 Å². The van der Waals surface area contributed by atoms with Crippen LogP contribution in [0, 0.1) is 0 Å². The Morgan fingerprint density at radius 2 is 0.667 bits per heavy atom. The lowest BCUT2D eigenvalue weighted by Gasteiger charge is -2.18. The van der Waals surface area contributed by atoms with Crippen molar-refractivity contribution in [3.05, 3.63) is 22.8 Å². The van der Waals surface area contributed by atoms with Crippen LogP contribution in [0.3, 0.4) is 0 Å². The lowest BCUT2D eigenvalue weighted by molar-refractivity contribution is 0.569. The molecule has 18 heavy (non-hydrogen) atoms. The van der Waals surface area contributed by atoms with E-state index in [1.807, 2.05) is 0 Å². The lowest BCUT2D eigenvalue weighted by atomic mass is 9.97. The van der Waals surface area contributed by atoms with Crippen molar-refractivity contribution in [1.82, 2.24) is 9.97 Å². The van der Waals surface area contributed by atoms with Gasteiger partial charge >= 0.3 is 0 Å². The number of aryl methyl sites for hydroxylation is 4. The van der Waals surface area contributed by atoms with Crippen LogP contribution >= 0.6 is 0 Å². The van der Waals surface area contributed by atoms with Gasteiger partial charge in [0.2, 0.25) is 0 Å². The van der Waals surface area contributed by atoms with Crippen molar-refractivity contribution < 1.29 is 0 Å². The zero-order chi connectivity index (χ0) is 12.2. The smallest absolute Gasteiger partial charge is 0.0622 e. The first kappa shape index (κ1) is 12.1. The number of nitrogens with zero attached hydrogens (tertiary/aromatic N) is 2. The standard InChI is InChI=1S/C16H24N2/c1-2-6-10-14-13(9-5-1)17-15-11-7-3-4-8-12-16(15)18-14/h1-12H2. The number of fused-ring (bicyclic) bond motifs is 2. The van der Waals surface area contributed by atoms with E-state index in [0.29, 0.717) is 0 Å². The van der Waals surface area contributed by atoms with Gasteiger partial charge in [-0.15, -0.1) is 0 Å². The molecule has 1 heterocycles. The number of rotatable bonds is 0. The van der Waals surface area contributed by atoms with E-state index in [9.17, 15) is 0 Å². The van der Waals surface area contributed by atoms with E-state index in [1.54, 1.807) is 0 Å². The highest BCUT2D eigenvalue weighted by Gasteiger charge is 2.16. The minimum atomic E-state index is 1.16. The van der Waals surface area contributed by atoms with Crippen molar-refractivity contribution >= 4 is 0 Å². The van der Waals surface area contributed by atoms with Crippen molar-refractivity contribution in [3.8, 4) is 0 Å². The highest BCUT2D eigenvalue weighted by molar-refractivity contribution is 5.22. The molecule has 2 aliphatic rings. The molecule has 0 fully saturated rings. The topological polar surface area (TPSA) is 25.8 Å². The lowest BCUT2D eigenvalue weighted by Crippen LogP contribution is -2.13. The van der Waals surface area contributed by atoms with Gasteiger partial charge < -0.3 is 0 Å². The summed E-state index contributed by atoms with van der Waals surface area (Å²) in [5.74, 6) is 0. The van der Waals surface area contributed by atoms with E-state index in [4.69, 9.17) is 9.97 Å². The summed E-state index contributed by atoms with van der Waals surface area (Å²) in [6.45, 7) is 0. The molecule has 0 saturated carbocycles. The van der Waals surface area contributed by atoms with E-state index in [1.165, 1.54) is 74.1 Å². The van der Waals surface area contributed by atoms with Crippen LogP contribution in [0.2, 0.25) is 0 Å². The second-order valence-electron chi connectivity index (χ2n) is 5.84. The summed E-state index contributed by atoms with van der Waals surface area (Å²) in [7, 11) is 0. The Morgan fingerprint density at radius 3 is 0.944 bits per heavy atom. The first-order valence-corrected chi connectivity index (χ1v) is 7.81. The second kappa shape index (κ2) is 5.81. The molecule has 2 aliphatic carbocycles. The van der Waals surface area contributed by atoms with Crippen LogP contribution in [-0.2, 0) is 25.7 Å². The Labute approximate surface area is 110 Å². The van der Waals surface area contributed by atoms with E-state index in [2.05, 4.69) is 0 Å². The fourth-order valence-electron chi connectivity index (χ4n) is 3.26. The van der Waals surface area contributed by atoms with Crippen molar-refractivity contribution in [1.29, 1.82) is 0 Å². The van der Waals surface area contributed by atoms with E-state index in [0.717, 1.165) is 25.7 Å². The Bertz CT molecular complexity index is 338. The van der Waals surface area contributed by atoms with Gasteiger partial charge in [-0.1, -0.05) is 25.7 Å². The minimum Gasteiger partial charge on any atom is -0.254 e. The second-order valence-corrected chi connectivity index (χ2v) is 5.84. The van der Waals surface area contributed by atoms with Crippen LogP contribution in [0.1, 0.15) is 74.1 Å². The zero-order valence-electron chi connectivity index (χ0n) is 11.4. The molecule has 98 valence electrons.